The van der Waals surface area contributed by atoms with Crippen molar-refractivity contribution < 1.29 is 18.7 Å². The maximum atomic E-state index is 13.9. The number of ether oxygens (including phenoxy) is 1. The number of halogens is 1. The second-order valence-corrected chi connectivity index (χ2v) is 6.56. The van der Waals surface area contributed by atoms with Gasteiger partial charge in [0.25, 0.3) is 0 Å². The van der Waals surface area contributed by atoms with E-state index in [1.165, 1.54) is 18.2 Å². The van der Waals surface area contributed by atoms with Crippen LogP contribution in [-0.2, 0) is 14.3 Å². The molecule has 0 radical (unpaired) electrons. The molecule has 1 aliphatic heterocycles. The zero-order chi connectivity index (χ0) is 17.9. The van der Waals surface area contributed by atoms with Gasteiger partial charge in [0.05, 0.1) is 24.4 Å². The van der Waals surface area contributed by atoms with Crippen LogP contribution in [-0.4, -0.2) is 55.1 Å². The molecule has 2 aliphatic rings. The van der Waals surface area contributed by atoms with E-state index in [-0.39, 0.29) is 23.9 Å². The largest absolute Gasteiger partial charge is 0.379 e. The fourth-order valence-corrected chi connectivity index (χ4v) is 2.61. The van der Waals surface area contributed by atoms with Crippen molar-refractivity contribution in [3.05, 3.63) is 24.0 Å². The van der Waals surface area contributed by atoms with E-state index >= 15 is 0 Å². The number of benzene rings is 1. The van der Waals surface area contributed by atoms with Crippen molar-refractivity contribution >= 4 is 23.2 Å². The number of carbonyl (C=O) groups is 2. The van der Waals surface area contributed by atoms with E-state index in [1.54, 1.807) is 0 Å². The summed E-state index contributed by atoms with van der Waals surface area (Å²) in [5.41, 5.74) is 5.47. The summed E-state index contributed by atoms with van der Waals surface area (Å²) in [4.78, 5) is 26.2. The molecular weight excluding hydrogens is 327 g/mol. The van der Waals surface area contributed by atoms with E-state index in [0.717, 1.165) is 13.1 Å². The molecule has 0 bridgehead atoms. The molecule has 3 rings (SSSR count). The number of anilines is 2. The molecule has 0 atom stereocenters. The zero-order valence-corrected chi connectivity index (χ0v) is 14.0. The van der Waals surface area contributed by atoms with Crippen LogP contribution >= 0.6 is 0 Å². The first-order chi connectivity index (χ1) is 12.0. The lowest BCUT2D eigenvalue weighted by molar-refractivity contribution is -0.118. The van der Waals surface area contributed by atoms with Gasteiger partial charge in [-0.2, -0.15) is 0 Å². The van der Waals surface area contributed by atoms with Gasteiger partial charge in [-0.1, -0.05) is 0 Å². The number of morpholine rings is 1. The van der Waals surface area contributed by atoms with Gasteiger partial charge in [0, 0.05) is 31.7 Å². The average molecular weight is 350 g/mol. The summed E-state index contributed by atoms with van der Waals surface area (Å²) in [6.45, 7) is 3.53. The first-order valence-electron chi connectivity index (χ1n) is 8.46. The number of nitrogens with zero attached hydrogens (tertiary/aromatic N) is 1. The van der Waals surface area contributed by atoms with Crippen molar-refractivity contribution in [3.63, 3.8) is 0 Å². The Morgan fingerprint density at radius 3 is 2.64 bits per heavy atom. The molecule has 2 amide bonds. The van der Waals surface area contributed by atoms with Crippen molar-refractivity contribution in [2.45, 2.75) is 24.8 Å². The third-order valence-corrected chi connectivity index (χ3v) is 4.50. The third kappa shape index (κ3) is 4.75. The van der Waals surface area contributed by atoms with Gasteiger partial charge in [-0.05, 0) is 31.0 Å². The fraction of sp³-hybridized carbons (Fsp3) is 0.529. The molecular formula is C17H23FN4O3. The Morgan fingerprint density at radius 1 is 1.24 bits per heavy atom. The number of hydrogen-bond donors (Lipinski definition) is 3. The maximum absolute atomic E-state index is 13.9. The highest BCUT2D eigenvalue weighted by atomic mass is 19.1. The van der Waals surface area contributed by atoms with Crippen molar-refractivity contribution in [3.8, 4) is 0 Å². The minimum atomic E-state index is -0.810. The van der Waals surface area contributed by atoms with E-state index < -0.39 is 11.4 Å². The summed E-state index contributed by atoms with van der Waals surface area (Å²) >= 11 is 0. The van der Waals surface area contributed by atoms with E-state index in [1.807, 2.05) is 0 Å². The summed E-state index contributed by atoms with van der Waals surface area (Å²) < 4.78 is 19.2. The number of nitrogens with one attached hydrogen (secondary N) is 2. The van der Waals surface area contributed by atoms with Crippen molar-refractivity contribution in [2.75, 3.05) is 43.5 Å². The predicted molar refractivity (Wildman–Crippen MR) is 91.7 cm³/mol. The third-order valence-electron chi connectivity index (χ3n) is 4.50. The summed E-state index contributed by atoms with van der Waals surface area (Å²) in [6.07, 6.45) is 1.55. The number of amides is 2. The lowest BCUT2D eigenvalue weighted by Gasteiger charge is -2.26. The molecule has 0 aromatic heterocycles. The second-order valence-electron chi connectivity index (χ2n) is 6.56. The maximum Gasteiger partial charge on any atom is 0.244 e. The van der Waals surface area contributed by atoms with Gasteiger partial charge >= 0.3 is 0 Å². The van der Waals surface area contributed by atoms with Gasteiger partial charge in [-0.15, -0.1) is 0 Å². The molecule has 2 fully saturated rings. The van der Waals surface area contributed by atoms with Crippen LogP contribution < -0.4 is 16.4 Å². The Morgan fingerprint density at radius 2 is 1.96 bits per heavy atom. The van der Waals surface area contributed by atoms with Crippen LogP contribution in [0.1, 0.15) is 19.3 Å². The molecule has 4 N–H and O–H groups in total. The smallest absolute Gasteiger partial charge is 0.244 e. The zero-order valence-electron chi connectivity index (χ0n) is 14.0. The average Bonchev–Trinajstić information content (AvgIpc) is 3.36. The van der Waals surface area contributed by atoms with Crippen molar-refractivity contribution in [2.24, 2.45) is 5.73 Å². The van der Waals surface area contributed by atoms with Crippen molar-refractivity contribution in [1.82, 2.24) is 4.90 Å². The van der Waals surface area contributed by atoms with Crippen LogP contribution in [0.3, 0.4) is 0 Å². The fourth-order valence-electron chi connectivity index (χ4n) is 2.61. The van der Waals surface area contributed by atoms with Gasteiger partial charge in [-0.3, -0.25) is 14.5 Å². The minimum Gasteiger partial charge on any atom is -0.379 e. The quantitative estimate of drug-likeness (QED) is 0.709. The molecule has 7 nitrogen and oxygen atoms in total. The molecule has 1 heterocycles. The normalized spacial score (nSPS) is 19.3. The Hall–Kier alpha value is -2.03. The summed E-state index contributed by atoms with van der Waals surface area (Å²) in [5, 5.41) is 5.23. The summed E-state index contributed by atoms with van der Waals surface area (Å²) in [7, 11) is 0. The topological polar surface area (TPSA) is 96.7 Å². The van der Waals surface area contributed by atoms with Crippen LogP contribution in [0, 0.1) is 5.82 Å². The molecule has 0 spiro atoms. The van der Waals surface area contributed by atoms with Crippen LogP contribution in [0.5, 0.6) is 0 Å². The number of hydrogen-bond acceptors (Lipinski definition) is 5. The highest BCUT2D eigenvalue weighted by Crippen LogP contribution is 2.33. The van der Waals surface area contributed by atoms with Gasteiger partial charge in [0.15, 0.2) is 0 Å². The van der Waals surface area contributed by atoms with E-state index in [9.17, 15) is 14.0 Å². The molecule has 1 aliphatic carbocycles. The van der Waals surface area contributed by atoms with E-state index in [2.05, 4.69) is 15.5 Å². The highest BCUT2D eigenvalue weighted by Gasteiger charge is 2.45. The number of rotatable bonds is 6. The molecule has 1 saturated heterocycles. The van der Waals surface area contributed by atoms with Gasteiger partial charge < -0.3 is 21.1 Å². The van der Waals surface area contributed by atoms with Crippen LogP contribution in [0.15, 0.2) is 18.2 Å². The van der Waals surface area contributed by atoms with Crippen LogP contribution in [0.25, 0.3) is 0 Å². The molecule has 1 aromatic carbocycles. The van der Waals surface area contributed by atoms with Crippen molar-refractivity contribution in [1.29, 1.82) is 0 Å². The number of nitrogens with two attached hydrogens (primary N) is 1. The first kappa shape index (κ1) is 17.8. The lowest BCUT2D eigenvalue weighted by atomic mass is 10.2. The SMILES string of the molecule is NC1(C(=O)Nc2ccc(F)c(NC(=O)CCN3CCOCC3)c2)CC1. The molecule has 1 saturated carbocycles. The second kappa shape index (κ2) is 7.47. The Labute approximate surface area is 145 Å². The van der Waals surface area contributed by atoms with E-state index in [0.29, 0.717) is 38.3 Å². The Bertz CT molecular complexity index is 657. The molecule has 1 aromatic rings. The predicted octanol–water partition coefficient (Wildman–Crippen LogP) is 0.916. The Kier molecular flexibility index (Phi) is 5.31. The molecule has 25 heavy (non-hydrogen) atoms. The first-order valence-corrected chi connectivity index (χ1v) is 8.46. The van der Waals surface area contributed by atoms with Gasteiger partial charge in [0.1, 0.15) is 5.82 Å². The molecule has 0 unspecified atom stereocenters. The highest BCUT2D eigenvalue weighted by molar-refractivity contribution is 6.00. The molecule has 8 heteroatoms. The standard InChI is InChI=1S/C17H23FN4O3/c18-13-2-1-12(20-16(24)17(19)4-5-17)11-14(13)21-15(23)3-6-22-7-9-25-10-8-22/h1-2,11H,3-10,19H2,(H,20,24)(H,21,23). The Balaban J connectivity index is 1.54. The lowest BCUT2D eigenvalue weighted by Crippen LogP contribution is -2.38. The summed E-state index contributed by atoms with van der Waals surface area (Å²) in [6, 6.07) is 4.07. The van der Waals surface area contributed by atoms with Gasteiger partial charge in [0.2, 0.25) is 11.8 Å². The molecule has 136 valence electrons. The monoisotopic (exact) mass is 350 g/mol. The van der Waals surface area contributed by atoms with Crippen LogP contribution in [0.4, 0.5) is 15.8 Å². The minimum absolute atomic E-state index is 0.0478. The van der Waals surface area contributed by atoms with Crippen LogP contribution in [0.2, 0.25) is 0 Å². The summed E-state index contributed by atoms with van der Waals surface area (Å²) in [5.74, 6) is -1.11. The van der Waals surface area contributed by atoms with E-state index in [4.69, 9.17) is 10.5 Å². The van der Waals surface area contributed by atoms with Gasteiger partial charge in [-0.25, -0.2) is 4.39 Å². The number of carbonyl (C=O) groups excluding carboxylic acids is 2.